The fourth-order valence-electron chi connectivity index (χ4n) is 4.07. The number of nitriles is 1. The summed E-state index contributed by atoms with van der Waals surface area (Å²) in [6, 6.07) is 11.4. The van der Waals surface area contributed by atoms with Crippen LogP contribution in [0, 0.1) is 23.2 Å². The van der Waals surface area contributed by atoms with Gasteiger partial charge in [0, 0.05) is 18.6 Å². The summed E-state index contributed by atoms with van der Waals surface area (Å²) < 4.78 is 0. The van der Waals surface area contributed by atoms with E-state index in [1.54, 1.807) is 0 Å². The summed E-state index contributed by atoms with van der Waals surface area (Å²) >= 11 is 0. The van der Waals surface area contributed by atoms with Crippen molar-refractivity contribution >= 4 is 0 Å². The second kappa shape index (κ2) is 5.55. The molecule has 4 atom stereocenters. The molecule has 20 heavy (non-hydrogen) atoms. The van der Waals surface area contributed by atoms with Crippen LogP contribution in [-0.2, 0) is 0 Å². The highest BCUT2D eigenvalue weighted by molar-refractivity contribution is 5.33. The molecule has 2 aliphatic rings. The lowest BCUT2D eigenvalue weighted by atomic mass is 9.92. The molecule has 1 N–H and O–H groups in total. The van der Waals surface area contributed by atoms with Gasteiger partial charge in [0.05, 0.1) is 11.6 Å². The molecule has 2 fully saturated rings. The Morgan fingerprint density at radius 1 is 1.35 bits per heavy atom. The predicted molar refractivity (Wildman–Crippen MR) is 80.2 cm³/mol. The van der Waals surface area contributed by atoms with Crippen LogP contribution in [0.5, 0.6) is 0 Å². The van der Waals surface area contributed by atoms with Crippen LogP contribution in [0.2, 0.25) is 0 Å². The zero-order valence-electron chi connectivity index (χ0n) is 12.3. The molecule has 1 aromatic carbocycles. The van der Waals surface area contributed by atoms with Crippen molar-refractivity contribution in [2.75, 3.05) is 19.6 Å². The zero-order valence-corrected chi connectivity index (χ0v) is 12.3. The summed E-state index contributed by atoms with van der Waals surface area (Å²) in [5.74, 6) is 1.64. The lowest BCUT2D eigenvalue weighted by Crippen LogP contribution is -2.36. The van der Waals surface area contributed by atoms with E-state index >= 15 is 0 Å². The Morgan fingerprint density at radius 2 is 2.10 bits per heavy atom. The van der Waals surface area contributed by atoms with E-state index in [-0.39, 0.29) is 0 Å². The van der Waals surface area contributed by atoms with Crippen molar-refractivity contribution in [3.05, 3.63) is 35.4 Å². The van der Waals surface area contributed by atoms with Gasteiger partial charge in [-0.05, 0) is 56.0 Å². The van der Waals surface area contributed by atoms with Crippen molar-refractivity contribution in [2.45, 2.75) is 32.4 Å². The van der Waals surface area contributed by atoms with Crippen LogP contribution < -0.4 is 5.32 Å². The lowest BCUT2D eigenvalue weighted by Gasteiger charge is -2.32. The van der Waals surface area contributed by atoms with E-state index in [2.05, 4.69) is 42.3 Å². The van der Waals surface area contributed by atoms with Gasteiger partial charge in [0.15, 0.2) is 0 Å². The fourth-order valence-corrected chi connectivity index (χ4v) is 4.07. The monoisotopic (exact) mass is 269 g/mol. The van der Waals surface area contributed by atoms with E-state index in [1.807, 2.05) is 12.1 Å². The van der Waals surface area contributed by atoms with Gasteiger partial charge in [0.25, 0.3) is 0 Å². The summed E-state index contributed by atoms with van der Waals surface area (Å²) in [6.07, 6.45) is 1.23. The molecule has 0 bridgehead atoms. The number of nitrogens with one attached hydrogen (secondary N) is 1. The number of fused-ring (bicyclic) bond motifs is 1. The van der Waals surface area contributed by atoms with Gasteiger partial charge >= 0.3 is 0 Å². The van der Waals surface area contributed by atoms with E-state index < -0.39 is 0 Å². The molecule has 4 unspecified atom stereocenters. The summed E-state index contributed by atoms with van der Waals surface area (Å²) in [5, 5.41) is 12.4. The molecule has 2 saturated heterocycles. The molecule has 2 heterocycles. The molecule has 0 radical (unpaired) electrons. The third-order valence-electron chi connectivity index (χ3n) is 5.20. The summed E-state index contributed by atoms with van der Waals surface area (Å²) in [5.41, 5.74) is 2.07. The third kappa shape index (κ3) is 2.24. The third-order valence-corrected chi connectivity index (χ3v) is 5.20. The predicted octanol–water partition coefficient (Wildman–Crippen LogP) is 2.55. The molecule has 3 rings (SSSR count). The zero-order chi connectivity index (χ0) is 14.1. The highest BCUT2D eigenvalue weighted by Crippen LogP contribution is 2.39. The van der Waals surface area contributed by atoms with Crippen LogP contribution in [0.3, 0.4) is 0 Å². The number of benzene rings is 1. The number of nitrogens with zero attached hydrogens (tertiary/aromatic N) is 2. The van der Waals surface area contributed by atoms with Gasteiger partial charge in [0.1, 0.15) is 0 Å². The largest absolute Gasteiger partial charge is 0.316 e. The average molecular weight is 269 g/mol. The van der Waals surface area contributed by atoms with Gasteiger partial charge in [-0.1, -0.05) is 19.1 Å². The van der Waals surface area contributed by atoms with Crippen LogP contribution in [0.1, 0.15) is 37.4 Å². The van der Waals surface area contributed by atoms with Crippen molar-refractivity contribution < 1.29 is 0 Å². The topological polar surface area (TPSA) is 39.1 Å². The first-order valence-corrected chi connectivity index (χ1v) is 7.71. The van der Waals surface area contributed by atoms with Crippen LogP contribution >= 0.6 is 0 Å². The van der Waals surface area contributed by atoms with Gasteiger partial charge in [-0.15, -0.1) is 0 Å². The fraction of sp³-hybridized carbons (Fsp3) is 0.588. The van der Waals surface area contributed by atoms with Crippen LogP contribution in [0.25, 0.3) is 0 Å². The van der Waals surface area contributed by atoms with Crippen LogP contribution in [-0.4, -0.2) is 30.6 Å². The Hall–Kier alpha value is -1.37. The number of likely N-dealkylation sites (tertiary alicyclic amines) is 1. The van der Waals surface area contributed by atoms with Crippen molar-refractivity contribution in [1.29, 1.82) is 5.26 Å². The molecule has 0 spiro atoms. The molecular formula is C17H23N3. The molecule has 0 aliphatic carbocycles. The smallest absolute Gasteiger partial charge is 0.0991 e. The molecule has 1 aromatic rings. The van der Waals surface area contributed by atoms with Gasteiger partial charge < -0.3 is 5.32 Å². The minimum absolute atomic E-state index is 0.443. The Kier molecular flexibility index (Phi) is 3.78. The quantitative estimate of drug-likeness (QED) is 0.916. The summed E-state index contributed by atoms with van der Waals surface area (Å²) in [6.45, 7) is 8.18. The average Bonchev–Trinajstić information content (AvgIpc) is 3.06. The molecule has 0 amide bonds. The Morgan fingerprint density at radius 3 is 2.75 bits per heavy atom. The Balaban J connectivity index is 1.79. The second-order valence-corrected chi connectivity index (χ2v) is 6.16. The van der Waals surface area contributed by atoms with E-state index in [4.69, 9.17) is 5.26 Å². The van der Waals surface area contributed by atoms with Crippen molar-refractivity contribution in [1.82, 2.24) is 10.2 Å². The Labute approximate surface area is 121 Å². The number of hydrogen-bond acceptors (Lipinski definition) is 3. The molecule has 106 valence electrons. The standard InChI is InChI=1S/C17H23N3/c1-3-17-16-10-19-9-15(16)11-20(17)12(2)14-6-4-13(8-18)5-7-14/h4-7,12,15-17,19H,3,9-11H2,1-2H3. The first-order valence-electron chi connectivity index (χ1n) is 7.71. The minimum Gasteiger partial charge on any atom is -0.316 e. The molecule has 3 nitrogen and oxygen atoms in total. The summed E-state index contributed by atoms with van der Waals surface area (Å²) in [4.78, 5) is 2.68. The number of hydrogen-bond donors (Lipinski definition) is 1. The second-order valence-electron chi connectivity index (χ2n) is 6.16. The maximum absolute atomic E-state index is 8.90. The highest BCUT2D eigenvalue weighted by Gasteiger charge is 2.44. The van der Waals surface area contributed by atoms with Crippen molar-refractivity contribution in [3.8, 4) is 6.07 Å². The van der Waals surface area contributed by atoms with E-state index in [0.29, 0.717) is 12.1 Å². The van der Waals surface area contributed by atoms with Crippen LogP contribution in [0.4, 0.5) is 0 Å². The lowest BCUT2D eigenvalue weighted by molar-refractivity contribution is 0.165. The first-order chi connectivity index (χ1) is 9.74. The molecular weight excluding hydrogens is 246 g/mol. The normalized spacial score (nSPS) is 30.9. The van der Waals surface area contributed by atoms with Crippen molar-refractivity contribution in [3.63, 3.8) is 0 Å². The van der Waals surface area contributed by atoms with Crippen LogP contribution in [0.15, 0.2) is 24.3 Å². The maximum atomic E-state index is 8.90. The molecule has 3 heteroatoms. The van der Waals surface area contributed by atoms with E-state index in [0.717, 1.165) is 17.4 Å². The molecule has 0 aromatic heterocycles. The maximum Gasteiger partial charge on any atom is 0.0991 e. The van der Waals surface area contributed by atoms with E-state index in [9.17, 15) is 0 Å². The van der Waals surface area contributed by atoms with Gasteiger partial charge in [-0.3, -0.25) is 4.90 Å². The van der Waals surface area contributed by atoms with E-state index in [1.165, 1.54) is 31.6 Å². The number of rotatable bonds is 3. The SMILES string of the molecule is CCC1C2CNCC2CN1C(C)c1ccc(C#N)cc1. The Bertz CT molecular complexity index is 502. The summed E-state index contributed by atoms with van der Waals surface area (Å²) in [7, 11) is 0. The first kappa shape index (κ1) is 13.6. The molecule has 0 saturated carbocycles. The van der Waals surface area contributed by atoms with Gasteiger partial charge in [-0.2, -0.15) is 5.26 Å². The molecule has 2 aliphatic heterocycles. The minimum atomic E-state index is 0.443. The van der Waals surface area contributed by atoms with Gasteiger partial charge in [0.2, 0.25) is 0 Å². The van der Waals surface area contributed by atoms with Gasteiger partial charge in [-0.25, -0.2) is 0 Å². The van der Waals surface area contributed by atoms with Crippen molar-refractivity contribution in [2.24, 2.45) is 11.8 Å². The highest BCUT2D eigenvalue weighted by atomic mass is 15.2.